The molecule has 2 N–H and O–H groups in total. The minimum absolute atomic E-state index is 0.0542. The molecule has 0 aliphatic heterocycles. The molecular formula is C11H8BrFN2O2. The fourth-order valence-corrected chi connectivity index (χ4v) is 1.96. The van der Waals surface area contributed by atoms with E-state index < -0.39 is 11.8 Å². The summed E-state index contributed by atoms with van der Waals surface area (Å²) >= 11 is 3.06. The number of hydrogen-bond donors (Lipinski definition) is 2. The van der Waals surface area contributed by atoms with E-state index in [2.05, 4.69) is 26.2 Å². The Bertz CT molecular complexity index is 616. The van der Waals surface area contributed by atoms with Gasteiger partial charge in [-0.05, 0) is 22.0 Å². The van der Waals surface area contributed by atoms with Crippen molar-refractivity contribution in [1.29, 1.82) is 0 Å². The molecule has 0 aliphatic rings. The molecule has 0 saturated heterocycles. The molecule has 0 spiro atoms. The number of carboxylic acid groups (broad SMARTS) is 1. The Morgan fingerprint density at radius 3 is 2.82 bits per heavy atom. The largest absolute Gasteiger partial charge is 0.478 e. The van der Waals surface area contributed by atoms with Crippen LogP contribution >= 0.6 is 15.9 Å². The molecule has 0 aliphatic carbocycles. The lowest BCUT2D eigenvalue weighted by Crippen LogP contribution is -2.04. The van der Waals surface area contributed by atoms with Gasteiger partial charge in [-0.25, -0.2) is 9.18 Å². The molecule has 4 nitrogen and oxygen atoms in total. The lowest BCUT2D eigenvalue weighted by atomic mass is 10.1. The Balaban J connectivity index is 2.85. The van der Waals surface area contributed by atoms with E-state index in [0.717, 1.165) is 0 Å². The van der Waals surface area contributed by atoms with Crippen molar-refractivity contribution in [2.75, 3.05) is 12.4 Å². The number of carbonyl (C=O) groups is 1. The summed E-state index contributed by atoms with van der Waals surface area (Å²) in [7, 11) is 1.61. The van der Waals surface area contributed by atoms with Crippen LogP contribution < -0.4 is 5.32 Å². The van der Waals surface area contributed by atoms with Gasteiger partial charge >= 0.3 is 5.97 Å². The van der Waals surface area contributed by atoms with Crippen LogP contribution in [-0.2, 0) is 0 Å². The zero-order valence-corrected chi connectivity index (χ0v) is 10.4. The van der Waals surface area contributed by atoms with Gasteiger partial charge < -0.3 is 10.4 Å². The van der Waals surface area contributed by atoms with Gasteiger partial charge in [-0.3, -0.25) is 4.98 Å². The number of rotatable bonds is 2. The predicted octanol–water partition coefficient (Wildman–Crippen LogP) is 2.88. The average Bonchev–Trinajstić information content (AvgIpc) is 2.29. The average molecular weight is 299 g/mol. The molecule has 1 aromatic heterocycles. The molecule has 1 heterocycles. The van der Waals surface area contributed by atoms with Gasteiger partial charge in [0.25, 0.3) is 0 Å². The van der Waals surface area contributed by atoms with E-state index in [-0.39, 0.29) is 10.0 Å². The number of nitrogens with one attached hydrogen (secondary N) is 1. The molecule has 88 valence electrons. The van der Waals surface area contributed by atoms with E-state index in [1.807, 2.05) is 0 Å². The van der Waals surface area contributed by atoms with Crippen LogP contribution in [0.1, 0.15) is 10.4 Å². The predicted molar refractivity (Wildman–Crippen MR) is 65.9 cm³/mol. The van der Waals surface area contributed by atoms with Gasteiger partial charge in [-0.1, -0.05) is 0 Å². The Hall–Kier alpha value is -1.69. The fourth-order valence-electron chi connectivity index (χ4n) is 1.62. The first kappa shape index (κ1) is 11.8. The molecule has 0 bridgehead atoms. The Morgan fingerprint density at radius 2 is 2.24 bits per heavy atom. The number of anilines is 1. The number of fused-ring (bicyclic) bond motifs is 1. The van der Waals surface area contributed by atoms with Crippen LogP contribution in [-0.4, -0.2) is 23.1 Å². The molecule has 0 radical (unpaired) electrons. The van der Waals surface area contributed by atoms with Crippen LogP contribution in [0.3, 0.4) is 0 Å². The standard InChI is InChI=1S/C11H8BrFN2O2/c1-14-10-5-2-7(12)8(13)3-9(5)15-4-6(10)11(16)17/h2-4H,1H3,(H,14,15)(H,16,17). The van der Waals surface area contributed by atoms with Crippen molar-refractivity contribution in [3.63, 3.8) is 0 Å². The van der Waals surface area contributed by atoms with Crippen molar-refractivity contribution in [2.24, 2.45) is 0 Å². The molecular weight excluding hydrogens is 291 g/mol. The van der Waals surface area contributed by atoms with E-state index in [1.165, 1.54) is 18.3 Å². The first-order valence-electron chi connectivity index (χ1n) is 4.73. The van der Waals surface area contributed by atoms with Gasteiger partial charge in [0.1, 0.15) is 11.4 Å². The molecule has 6 heteroatoms. The Labute approximate surface area is 105 Å². The molecule has 1 aromatic carbocycles. The van der Waals surface area contributed by atoms with Crippen LogP contribution in [0.25, 0.3) is 10.9 Å². The highest BCUT2D eigenvalue weighted by atomic mass is 79.9. The van der Waals surface area contributed by atoms with Crippen molar-refractivity contribution in [2.45, 2.75) is 0 Å². The highest BCUT2D eigenvalue weighted by molar-refractivity contribution is 9.10. The molecule has 0 amide bonds. The lowest BCUT2D eigenvalue weighted by Gasteiger charge is -2.09. The molecule has 17 heavy (non-hydrogen) atoms. The number of benzene rings is 1. The maximum absolute atomic E-state index is 13.3. The van der Waals surface area contributed by atoms with Gasteiger partial charge in [0.15, 0.2) is 0 Å². The van der Waals surface area contributed by atoms with E-state index in [0.29, 0.717) is 16.6 Å². The van der Waals surface area contributed by atoms with Crippen molar-refractivity contribution in [1.82, 2.24) is 4.98 Å². The number of nitrogens with zero attached hydrogens (tertiary/aromatic N) is 1. The van der Waals surface area contributed by atoms with Gasteiger partial charge in [0.05, 0.1) is 15.7 Å². The van der Waals surface area contributed by atoms with E-state index in [9.17, 15) is 9.18 Å². The highest BCUT2D eigenvalue weighted by Crippen LogP contribution is 2.29. The highest BCUT2D eigenvalue weighted by Gasteiger charge is 2.14. The van der Waals surface area contributed by atoms with Gasteiger partial charge in [-0.2, -0.15) is 0 Å². The quantitative estimate of drug-likeness (QED) is 0.895. The third-order valence-corrected chi connectivity index (χ3v) is 3.00. The summed E-state index contributed by atoms with van der Waals surface area (Å²) in [5.74, 6) is -1.51. The van der Waals surface area contributed by atoms with Crippen LogP contribution in [0.2, 0.25) is 0 Å². The second kappa shape index (κ2) is 4.29. The van der Waals surface area contributed by atoms with Crippen LogP contribution in [0.4, 0.5) is 10.1 Å². The lowest BCUT2D eigenvalue weighted by molar-refractivity contribution is 0.0697. The zero-order chi connectivity index (χ0) is 12.6. The van der Waals surface area contributed by atoms with Crippen molar-refractivity contribution >= 4 is 38.5 Å². The topological polar surface area (TPSA) is 62.2 Å². The SMILES string of the molecule is CNc1c(C(=O)O)cnc2cc(F)c(Br)cc12. The number of hydrogen-bond acceptors (Lipinski definition) is 3. The molecule has 2 aromatic rings. The van der Waals surface area contributed by atoms with Crippen molar-refractivity contribution in [3.05, 3.63) is 34.2 Å². The van der Waals surface area contributed by atoms with Crippen molar-refractivity contribution in [3.8, 4) is 0 Å². The summed E-state index contributed by atoms with van der Waals surface area (Å²) < 4.78 is 13.6. The number of aromatic nitrogens is 1. The van der Waals surface area contributed by atoms with Crippen LogP contribution in [0, 0.1) is 5.82 Å². The molecule has 0 saturated carbocycles. The Morgan fingerprint density at radius 1 is 1.53 bits per heavy atom. The van der Waals surface area contributed by atoms with E-state index in [4.69, 9.17) is 5.11 Å². The van der Waals surface area contributed by atoms with Gasteiger partial charge in [-0.15, -0.1) is 0 Å². The summed E-state index contributed by atoms with van der Waals surface area (Å²) in [6.45, 7) is 0. The minimum atomic E-state index is -1.08. The summed E-state index contributed by atoms with van der Waals surface area (Å²) in [5, 5.41) is 12.4. The minimum Gasteiger partial charge on any atom is -0.478 e. The third kappa shape index (κ3) is 1.95. The maximum Gasteiger partial charge on any atom is 0.339 e. The first-order chi connectivity index (χ1) is 8.04. The third-order valence-electron chi connectivity index (χ3n) is 2.39. The van der Waals surface area contributed by atoms with E-state index in [1.54, 1.807) is 7.05 Å². The zero-order valence-electron chi connectivity index (χ0n) is 8.79. The van der Waals surface area contributed by atoms with Gasteiger partial charge in [0, 0.05) is 24.7 Å². The second-order valence-corrected chi connectivity index (χ2v) is 4.24. The summed E-state index contributed by atoms with van der Waals surface area (Å²) in [5.41, 5.74) is 0.877. The Kier molecular flexibility index (Phi) is 2.97. The van der Waals surface area contributed by atoms with Gasteiger partial charge in [0.2, 0.25) is 0 Å². The smallest absolute Gasteiger partial charge is 0.339 e. The number of aromatic carboxylic acids is 1. The normalized spacial score (nSPS) is 10.5. The number of carboxylic acids is 1. The molecule has 0 atom stereocenters. The summed E-state index contributed by atoms with van der Waals surface area (Å²) in [6, 6.07) is 2.77. The van der Waals surface area contributed by atoms with Crippen LogP contribution in [0.5, 0.6) is 0 Å². The molecule has 0 unspecified atom stereocenters. The first-order valence-corrected chi connectivity index (χ1v) is 5.52. The summed E-state index contributed by atoms with van der Waals surface area (Å²) in [4.78, 5) is 14.9. The molecule has 2 rings (SSSR count). The maximum atomic E-state index is 13.3. The van der Waals surface area contributed by atoms with E-state index >= 15 is 0 Å². The molecule has 0 fully saturated rings. The summed E-state index contributed by atoms with van der Waals surface area (Å²) in [6.07, 6.45) is 1.21. The second-order valence-electron chi connectivity index (χ2n) is 3.39. The monoisotopic (exact) mass is 298 g/mol. The van der Waals surface area contributed by atoms with Crippen molar-refractivity contribution < 1.29 is 14.3 Å². The number of halogens is 2. The fraction of sp³-hybridized carbons (Fsp3) is 0.0909. The van der Waals surface area contributed by atoms with Crippen LogP contribution in [0.15, 0.2) is 22.8 Å². The number of pyridine rings is 1.